The second-order valence-corrected chi connectivity index (χ2v) is 10.2. The molecule has 0 saturated heterocycles. The van der Waals surface area contributed by atoms with Gasteiger partial charge in [-0.2, -0.15) is 0 Å². The lowest BCUT2D eigenvalue weighted by molar-refractivity contribution is -0.121. The number of fused-ring (bicyclic) bond motifs is 2. The number of aromatic nitrogens is 3. The van der Waals surface area contributed by atoms with Gasteiger partial charge in [-0.1, -0.05) is 66.4 Å². The molecule has 3 aromatic carbocycles. The van der Waals surface area contributed by atoms with Crippen LogP contribution in [0.1, 0.15) is 30.3 Å². The summed E-state index contributed by atoms with van der Waals surface area (Å²) in [5.74, 6) is 1.69. The van der Waals surface area contributed by atoms with E-state index in [0.717, 1.165) is 44.5 Å². The fourth-order valence-corrected chi connectivity index (χ4v) is 5.85. The Hall–Kier alpha value is -3.16. The van der Waals surface area contributed by atoms with Crippen LogP contribution < -0.4 is 5.32 Å². The second kappa shape index (κ2) is 10.2. The summed E-state index contributed by atoms with van der Waals surface area (Å²) >= 11 is 3.42. The predicted octanol–water partition coefficient (Wildman–Crippen LogP) is 6.15. The highest BCUT2D eigenvalue weighted by Gasteiger charge is 2.19. The van der Waals surface area contributed by atoms with Gasteiger partial charge in [0.1, 0.15) is 5.82 Å². The molecule has 0 radical (unpaired) electrons. The number of thiazole rings is 1. The summed E-state index contributed by atoms with van der Waals surface area (Å²) in [6.45, 7) is 0. The smallest absolute Gasteiger partial charge is 0.220 e. The number of hydrogen-bond acceptors (Lipinski definition) is 5. The molecule has 0 unspecified atom stereocenters. The van der Waals surface area contributed by atoms with E-state index in [4.69, 9.17) is 4.98 Å². The molecule has 2 heterocycles. The maximum atomic E-state index is 12.8. The number of imidazole rings is 1. The Morgan fingerprint density at radius 2 is 1.70 bits per heavy atom. The van der Waals surface area contributed by atoms with Gasteiger partial charge in [0.2, 0.25) is 5.91 Å². The van der Waals surface area contributed by atoms with Crippen molar-refractivity contribution in [1.82, 2.24) is 20.3 Å². The molecule has 2 N–H and O–H groups in total. The standard InChI is InChI=1S/C26H24N4OS2/c31-24(15-8-16-32-26-30-21-13-6-7-14-23(21)33-26)27-22(17-18-9-2-1-3-10-18)25-28-19-11-4-5-12-20(19)29-25/h1-7,9-14,22H,8,15-17H2,(H,27,31)(H,28,29)/t22-/m0/s1. The molecule has 0 aliphatic rings. The van der Waals surface area contributed by atoms with Crippen LogP contribution in [0.4, 0.5) is 0 Å². The molecule has 5 rings (SSSR count). The molecule has 0 fully saturated rings. The number of benzene rings is 3. The molecule has 33 heavy (non-hydrogen) atoms. The molecule has 2 aromatic heterocycles. The van der Waals surface area contributed by atoms with Gasteiger partial charge in [0.15, 0.2) is 4.34 Å². The van der Waals surface area contributed by atoms with Crippen molar-refractivity contribution in [2.45, 2.75) is 29.6 Å². The van der Waals surface area contributed by atoms with E-state index in [-0.39, 0.29) is 11.9 Å². The van der Waals surface area contributed by atoms with Crippen LogP contribution in [0.15, 0.2) is 83.2 Å². The number of carbonyl (C=O) groups is 1. The molecule has 5 nitrogen and oxygen atoms in total. The molecule has 0 spiro atoms. The third-order valence-corrected chi connectivity index (χ3v) is 7.67. The van der Waals surface area contributed by atoms with Crippen LogP contribution in [0.25, 0.3) is 21.3 Å². The number of nitrogens with one attached hydrogen (secondary N) is 2. The SMILES string of the molecule is O=C(CCCSc1nc2ccccc2s1)N[C@@H](Cc1ccccc1)c1nc2ccccc2[nH]1. The van der Waals surface area contributed by atoms with Crippen molar-refractivity contribution in [2.24, 2.45) is 0 Å². The minimum absolute atomic E-state index is 0.0429. The highest BCUT2D eigenvalue weighted by atomic mass is 32.2. The number of thioether (sulfide) groups is 1. The number of rotatable bonds is 9. The molecule has 5 aromatic rings. The lowest BCUT2D eigenvalue weighted by Crippen LogP contribution is -2.30. The first-order valence-corrected chi connectivity index (χ1v) is 12.8. The van der Waals surface area contributed by atoms with Gasteiger partial charge in [0.05, 0.1) is 27.3 Å². The first-order valence-electron chi connectivity index (χ1n) is 11.0. The van der Waals surface area contributed by atoms with E-state index in [9.17, 15) is 4.79 Å². The average molecular weight is 473 g/mol. The number of H-pyrrole nitrogens is 1. The molecule has 166 valence electrons. The number of hydrogen-bond donors (Lipinski definition) is 2. The van der Waals surface area contributed by atoms with E-state index < -0.39 is 0 Å². The van der Waals surface area contributed by atoms with E-state index in [1.807, 2.05) is 60.7 Å². The summed E-state index contributed by atoms with van der Waals surface area (Å²) in [6, 6.07) is 26.1. The van der Waals surface area contributed by atoms with Gasteiger partial charge in [0.25, 0.3) is 0 Å². The van der Waals surface area contributed by atoms with E-state index in [1.54, 1.807) is 23.1 Å². The molecule has 7 heteroatoms. The van der Waals surface area contributed by atoms with Crippen LogP contribution in [-0.4, -0.2) is 26.6 Å². The number of carbonyl (C=O) groups excluding carboxylic acids is 1. The largest absolute Gasteiger partial charge is 0.346 e. The first kappa shape index (κ1) is 21.7. The summed E-state index contributed by atoms with van der Waals surface area (Å²) in [6.07, 6.45) is 1.96. The molecule has 0 saturated carbocycles. The van der Waals surface area contributed by atoms with Crippen molar-refractivity contribution in [3.63, 3.8) is 0 Å². The minimum Gasteiger partial charge on any atom is -0.346 e. The summed E-state index contributed by atoms with van der Waals surface area (Å²) in [5, 5.41) is 3.21. The van der Waals surface area contributed by atoms with Gasteiger partial charge in [-0.05, 0) is 42.7 Å². The van der Waals surface area contributed by atoms with Crippen molar-refractivity contribution in [3.8, 4) is 0 Å². The number of aromatic amines is 1. The zero-order valence-electron chi connectivity index (χ0n) is 18.0. The van der Waals surface area contributed by atoms with E-state index in [1.165, 1.54) is 4.70 Å². The van der Waals surface area contributed by atoms with Crippen LogP contribution in [-0.2, 0) is 11.2 Å². The molecular formula is C26H24N4OS2. The fourth-order valence-electron chi connectivity index (χ4n) is 3.77. The van der Waals surface area contributed by atoms with Gasteiger partial charge >= 0.3 is 0 Å². The Morgan fingerprint density at radius 3 is 2.52 bits per heavy atom. The van der Waals surface area contributed by atoms with Crippen molar-refractivity contribution in [2.75, 3.05) is 5.75 Å². The highest BCUT2D eigenvalue weighted by molar-refractivity contribution is 8.01. The first-order chi connectivity index (χ1) is 16.2. The van der Waals surface area contributed by atoms with Crippen LogP contribution in [0.2, 0.25) is 0 Å². The van der Waals surface area contributed by atoms with Gasteiger partial charge in [-0.3, -0.25) is 4.79 Å². The maximum Gasteiger partial charge on any atom is 0.220 e. The van der Waals surface area contributed by atoms with Crippen LogP contribution in [0, 0.1) is 0 Å². The van der Waals surface area contributed by atoms with Crippen LogP contribution in [0.3, 0.4) is 0 Å². The van der Waals surface area contributed by atoms with Crippen molar-refractivity contribution in [3.05, 3.63) is 90.3 Å². The Balaban J connectivity index is 1.20. The molecule has 0 aliphatic heterocycles. The zero-order valence-corrected chi connectivity index (χ0v) is 19.7. The Bertz CT molecular complexity index is 1300. The third-order valence-electron chi connectivity index (χ3n) is 5.40. The quantitative estimate of drug-likeness (QED) is 0.200. The molecular weight excluding hydrogens is 448 g/mol. The Kier molecular flexibility index (Phi) is 6.69. The fraction of sp³-hybridized carbons (Fsp3) is 0.192. The van der Waals surface area contributed by atoms with E-state index in [0.29, 0.717) is 12.8 Å². The molecule has 1 atom stereocenters. The predicted molar refractivity (Wildman–Crippen MR) is 137 cm³/mol. The number of para-hydroxylation sites is 3. The van der Waals surface area contributed by atoms with E-state index in [2.05, 4.69) is 33.5 Å². The lowest BCUT2D eigenvalue weighted by Gasteiger charge is -2.17. The number of amides is 1. The van der Waals surface area contributed by atoms with Crippen molar-refractivity contribution >= 4 is 50.3 Å². The Morgan fingerprint density at radius 1 is 0.939 bits per heavy atom. The molecule has 0 aliphatic carbocycles. The summed E-state index contributed by atoms with van der Waals surface area (Å²) in [5.41, 5.74) is 4.09. The van der Waals surface area contributed by atoms with Crippen molar-refractivity contribution in [1.29, 1.82) is 0 Å². The average Bonchev–Trinajstić information content (AvgIpc) is 3.46. The minimum atomic E-state index is -0.204. The van der Waals surface area contributed by atoms with E-state index >= 15 is 0 Å². The van der Waals surface area contributed by atoms with Crippen molar-refractivity contribution < 1.29 is 4.79 Å². The highest BCUT2D eigenvalue weighted by Crippen LogP contribution is 2.29. The van der Waals surface area contributed by atoms with Gasteiger partial charge < -0.3 is 10.3 Å². The Labute approximate surface area is 200 Å². The number of nitrogens with zero attached hydrogens (tertiary/aromatic N) is 2. The monoisotopic (exact) mass is 472 g/mol. The summed E-state index contributed by atoms with van der Waals surface area (Å²) in [4.78, 5) is 25.6. The zero-order chi connectivity index (χ0) is 22.5. The summed E-state index contributed by atoms with van der Waals surface area (Å²) in [7, 11) is 0. The third kappa shape index (κ3) is 5.43. The molecule has 0 bridgehead atoms. The second-order valence-electron chi connectivity index (χ2n) is 7.85. The normalized spacial score (nSPS) is 12.2. The maximum absolute atomic E-state index is 12.8. The topological polar surface area (TPSA) is 70.7 Å². The van der Waals surface area contributed by atoms with Crippen LogP contribution >= 0.6 is 23.1 Å². The van der Waals surface area contributed by atoms with Crippen LogP contribution in [0.5, 0.6) is 0 Å². The van der Waals surface area contributed by atoms with Gasteiger partial charge in [-0.15, -0.1) is 11.3 Å². The summed E-state index contributed by atoms with van der Waals surface area (Å²) < 4.78 is 2.26. The lowest BCUT2D eigenvalue weighted by atomic mass is 10.1. The molecule has 1 amide bonds. The van der Waals surface area contributed by atoms with Gasteiger partial charge in [0, 0.05) is 12.2 Å². The van der Waals surface area contributed by atoms with Gasteiger partial charge in [-0.25, -0.2) is 9.97 Å².